The van der Waals surface area contributed by atoms with Crippen LogP contribution in [0.1, 0.15) is 14.6 Å². The SMILES string of the molecule is Cc1cc2sc(CCc3cc4cc5sc(I)cc5cc4s3)cc2s1. The van der Waals surface area contributed by atoms with Gasteiger partial charge in [0.2, 0.25) is 0 Å². The minimum Gasteiger partial charge on any atom is -0.140 e. The third-order valence-electron chi connectivity index (χ3n) is 4.18. The molecule has 5 rings (SSSR count). The van der Waals surface area contributed by atoms with E-state index in [4.69, 9.17) is 0 Å². The van der Waals surface area contributed by atoms with Crippen LogP contribution in [0.5, 0.6) is 0 Å². The standard InChI is InChI=1S/C19H13IS4/c1-10-4-17-18(21-10)9-14(23-17)3-2-13-5-11-6-16-12(7-15(11)22-13)8-19(20)24-16/h4-9H,2-3H2,1H3. The summed E-state index contributed by atoms with van der Waals surface area (Å²) in [4.78, 5) is 4.44. The van der Waals surface area contributed by atoms with Crippen molar-refractivity contribution in [3.63, 3.8) is 0 Å². The maximum atomic E-state index is 2.42. The molecule has 0 aliphatic carbocycles. The summed E-state index contributed by atoms with van der Waals surface area (Å²) in [6.07, 6.45) is 2.31. The van der Waals surface area contributed by atoms with E-state index in [-0.39, 0.29) is 0 Å². The third-order valence-corrected chi connectivity index (χ3v) is 9.46. The van der Waals surface area contributed by atoms with Gasteiger partial charge in [-0.15, -0.1) is 45.3 Å². The van der Waals surface area contributed by atoms with E-state index < -0.39 is 0 Å². The molecule has 5 aromatic rings. The predicted octanol–water partition coefficient (Wildman–Crippen LogP) is 8.09. The number of aryl methyl sites for hydroxylation is 3. The van der Waals surface area contributed by atoms with Gasteiger partial charge in [0, 0.05) is 33.4 Å². The van der Waals surface area contributed by atoms with Crippen LogP contribution in [0.2, 0.25) is 0 Å². The minimum atomic E-state index is 1.15. The molecule has 0 nitrogen and oxygen atoms in total. The van der Waals surface area contributed by atoms with Gasteiger partial charge in [0.25, 0.3) is 0 Å². The van der Waals surface area contributed by atoms with Crippen molar-refractivity contribution in [2.75, 3.05) is 0 Å². The average molecular weight is 496 g/mol. The van der Waals surface area contributed by atoms with E-state index in [1.54, 1.807) is 0 Å². The molecule has 0 spiro atoms. The summed E-state index contributed by atoms with van der Waals surface area (Å²) in [5.74, 6) is 0. The second kappa shape index (κ2) is 6.06. The van der Waals surface area contributed by atoms with Gasteiger partial charge in [-0.25, -0.2) is 0 Å². The number of hydrogen-bond acceptors (Lipinski definition) is 4. The lowest BCUT2D eigenvalue weighted by Gasteiger charge is -1.94. The minimum absolute atomic E-state index is 1.15. The molecule has 0 saturated carbocycles. The third kappa shape index (κ3) is 2.84. The molecule has 0 aliphatic heterocycles. The van der Waals surface area contributed by atoms with Crippen molar-refractivity contribution in [3.8, 4) is 0 Å². The Kier molecular flexibility index (Phi) is 3.98. The zero-order chi connectivity index (χ0) is 16.3. The predicted molar refractivity (Wildman–Crippen MR) is 122 cm³/mol. The zero-order valence-corrected chi connectivity index (χ0v) is 18.3. The number of thiophene rings is 4. The number of benzene rings is 1. The van der Waals surface area contributed by atoms with Gasteiger partial charge >= 0.3 is 0 Å². The first-order valence-corrected chi connectivity index (χ1v) is 12.1. The summed E-state index contributed by atoms with van der Waals surface area (Å²) in [6.45, 7) is 2.19. The molecule has 0 bridgehead atoms. The normalized spacial score (nSPS) is 12.1. The Labute approximate surface area is 169 Å². The topological polar surface area (TPSA) is 0 Å². The van der Waals surface area contributed by atoms with E-state index in [0.717, 1.165) is 12.8 Å². The Morgan fingerprint density at radius 2 is 1.29 bits per heavy atom. The quantitative estimate of drug-likeness (QED) is 0.222. The Bertz CT molecular complexity index is 1100. The second-order valence-electron chi connectivity index (χ2n) is 5.99. The van der Waals surface area contributed by atoms with E-state index in [1.807, 2.05) is 45.3 Å². The summed E-state index contributed by atoms with van der Waals surface area (Å²) >= 11 is 10.1. The van der Waals surface area contributed by atoms with Crippen molar-refractivity contribution >= 4 is 97.5 Å². The van der Waals surface area contributed by atoms with Gasteiger partial charge < -0.3 is 0 Å². The van der Waals surface area contributed by atoms with E-state index >= 15 is 0 Å². The molecule has 0 saturated heterocycles. The highest BCUT2D eigenvalue weighted by molar-refractivity contribution is 14.1. The molecule has 0 atom stereocenters. The molecule has 0 N–H and O–H groups in total. The van der Waals surface area contributed by atoms with Crippen molar-refractivity contribution < 1.29 is 0 Å². The van der Waals surface area contributed by atoms with Gasteiger partial charge in [-0.2, -0.15) is 0 Å². The van der Waals surface area contributed by atoms with Crippen molar-refractivity contribution in [2.45, 2.75) is 19.8 Å². The van der Waals surface area contributed by atoms with Crippen LogP contribution in [0.3, 0.4) is 0 Å². The molecule has 0 radical (unpaired) electrons. The lowest BCUT2D eigenvalue weighted by molar-refractivity contribution is 1.01. The molecule has 1 aromatic carbocycles. The van der Waals surface area contributed by atoms with Crippen molar-refractivity contribution in [2.24, 2.45) is 0 Å². The first-order chi connectivity index (χ1) is 11.6. The largest absolute Gasteiger partial charge is 0.140 e. The van der Waals surface area contributed by atoms with E-state index in [2.05, 4.69) is 65.9 Å². The molecule has 0 aliphatic rings. The fourth-order valence-corrected chi connectivity index (χ4v) is 8.39. The highest BCUT2D eigenvalue weighted by Gasteiger charge is 2.09. The maximum absolute atomic E-state index is 2.42. The van der Waals surface area contributed by atoms with E-state index in [0.29, 0.717) is 0 Å². The van der Waals surface area contributed by atoms with Crippen LogP contribution in [-0.4, -0.2) is 0 Å². The Hall–Kier alpha value is -0.470. The molecule has 120 valence electrons. The number of hydrogen-bond donors (Lipinski definition) is 0. The molecule has 24 heavy (non-hydrogen) atoms. The summed E-state index contributed by atoms with van der Waals surface area (Å²) in [6, 6.07) is 14.1. The summed E-state index contributed by atoms with van der Waals surface area (Å²) in [5.41, 5.74) is 0. The average Bonchev–Trinajstić information content (AvgIpc) is 3.23. The fourth-order valence-electron chi connectivity index (χ4n) is 3.09. The van der Waals surface area contributed by atoms with Gasteiger partial charge in [-0.3, -0.25) is 0 Å². The van der Waals surface area contributed by atoms with Crippen LogP contribution in [0.4, 0.5) is 0 Å². The van der Waals surface area contributed by atoms with E-state index in [1.165, 1.54) is 47.1 Å². The summed E-state index contributed by atoms with van der Waals surface area (Å²) in [5, 5.41) is 2.79. The van der Waals surface area contributed by atoms with Gasteiger partial charge in [-0.05, 0) is 89.5 Å². The molecule has 0 unspecified atom stereocenters. The fraction of sp³-hybridized carbons (Fsp3) is 0.158. The van der Waals surface area contributed by atoms with Crippen LogP contribution in [0.25, 0.3) is 29.6 Å². The van der Waals surface area contributed by atoms with Crippen molar-refractivity contribution in [3.05, 3.63) is 53.9 Å². The summed E-state index contributed by atoms with van der Waals surface area (Å²) in [7, 11) is 0. The van der Waals surface area contributed by atoms with E-state index in [9.17, 15) is 0 Å². The van der Waals surface area contributed by atoms with Crippen LogP contribution < -0.4 is 0 Å². The molecule has 0 fully saturated rings. The first-order valence-electron chi connectivity index (χ1n) is 7.74. The number of halogens is 1. The molecule has 5 heteroatoms. The molecule has 4 aromatic heterocycles. The number of fused-ring (bicyclic) bond motifs is 3. The number of rotatable bonds is 3. The maximum Gasteiger partial charge on any atom is 0.0666 e. The van der Waals surface area contributed by atoms with Gasteiger partial charge in [0.1, 0.15) is 0 Å². The van der Waals surface area contributed by atoms with Crippen LogP contribution in [0, 0.1) is 9.81 Å². The lowest BCUT2D eigenvalue weighted by Crippen LogP contribution is -1.83. The van der Waals surface area contributed by atoms with Crippen molar-refractivity contribution in [1.82, 2.24) is 0 Å². The van der Waals surface area contributed by atoms with Gasteiger partial charge in [0.15, 0.2) is 0 Å². The molecule has 4 heterocycles. The summed E-state index contributed by atoms with van der Waals surface area (Å²) < 4.78 is 7.12. The highest BCUT2D eigenvalue weighted by Crippen LogP contribution is 2.36. The monoisotopic (exact) mass is 496 g/mol. The molecular formula is C19H13IS4. The highest BCUT2D eigenvalue weighted by atomic mass is 127. The molecule has 0 amide bonds. The molecular weight excluding hydrogens is 483 g/mol. The van der Waals surface area contributed by atoms with Crippen molar-refractivity contribution in [1.29, 1.82) is 0 Å². The van der Waals surface area contributed by atoms with Gasteiger partial charge in [-0.1, -0.05) is 0 Å². The zero-order valence-electron chi connectivity index (χ0n) is 12.9. The first kappa shape index (κ1) is 15.8. The smallest absolute Gasteiger partial charge is 0.0666 e. The van der Waals surface area contributed by atoms with Crippen LogP contribution in [0.15, 0.2) is 36.4 Å². The van der Waals surface area contributed by atoms with Crippen LogP contribution in [-0.2, 0) is 12.8 Å². The Balaban J connectivity index is 1.42. The lowest BCUT2D eigenvalue weighted by atomic mass is 10.2. The second-order valence-corrected chi connectivity index (χ2v) is 12.6. The Morgan fingerprint density at radius 1 is 0.667 bits per heavy atom. The van der Waals surface area contributed by atoms with Gasteiger partial charge in [0.05, 0.1) is 2.88 Å². The Morgan fingerprint density at radius 3 is 2.08 bits per heavy atom. The van der Waals surface area contributed by atoms with Crippen LogP contribution >= 0.6 is 67.9 Å².